The fraction of sp³-hybridized carbons (Fsp3) is 0.400. The van der Waals surface area contributed by atoms with Crippen LogP contribution in [0, 0.1) is 22.3 Å². The molecule has 0 spiro atoms. The molecule has 23 heavy (non-hydrogen) atoms. The van der Waals surface area contributed by atoms with Crippen molar-refractivity contribution in [1.82, 2.24) is 20.1 Å². The number of amides is 1. The standard InChI is InChI=1S/C15H16F2N4OS/c1-2-21-13(19-20-15(21)23)7-18-14(22)10-6-9(10)8-3-4-11(16)12(17)5-8/h3-5,9-10H,2,6-7H2,1H3,(H,18,22)(H,20,23)/t9-,10-/m1/s1. The largest absolute Gasteiger partial charge is 0.349 e. The molecule has 8 heteroatoms. The second kappa shape index (κ2) is 6.19. The van der Waals surface area contributed by atoms with Gasteiger partial charge in [-0.1, -0.05) is 6.07 Å². The number of hydrogen-bond donors (Lipinski definition) is 2. The van der Waals surface area contributed by atoms with E-state index in [0.717, 1.165) is 12.1 Å². The van der Waals surface area contributed by atoms with Crippen LogP contribution < -0.4 is 5.32 Å². The van der Waals surface area contributed by atoms with Gasteiger partial charge in [0.25, 0.3) is 0 Å². The SMILES string of the molecule is CCn1c(CNC(=O)[C@@H]2C[C@@H]2c2ccc(F)c(F)c2)n[nH]c1=S. The molecule has 0 unspecified atom stereocenters. The van der Waals surface area contributed by atoms with E-state index < -0.39 is 11.6 Å². The van der Waals surface area contributed by atoms with Crippen molar-refractivity contribution in [2.45, 2.75) is 32.4 Å². The third-order valence-electron chi connectivity index (χ3n) is 4.07. The Morgan fingerprint density at radius 2 is 2.26 bits per heavy atom. The van der Waals surface area contributed by atoms with E-state index in [1.165, 1.54) is 6.07 Å². The molecular weight excluding hydrogens is 322 g/mol. The van der Waals surface area contributed by atoms with Crippen LogP contribution in [0.3, 0.4) is 0 Å². The van der Waals surface area contributed by atoms with Crippen molar-refractivity contribution in [3.8, 4) is 0 Å². The molecule has 1 aromatic carbocycles. The highest BCUT2D eigenvalue weighted by atomic mass is 32.1. The summed E-state index contributed by atoms with van der Waals surface area (Å²) in [5.41, 5.74) is 0.653. The van der Waals surface area contributed by atoms with Gasteiger partial charge in [0.05, 0.1) is 6.54 Å². The van der Waals surface area contributed by atoms with Gasteiger partial charge in [-0.2, -0.15) is 5.10 Å². The van der Waals surface area contributed by atoms with E-state index in [1.807, 2.05) is 6.92 Å². The van der Waals surface area contributed by atoms with E-state index in [1.54, 1.807) is 4.57 Å². The zero-order chi connectivity index (χ0) is 16.6. The van der Waals surface area contributed by atoms with Gasteiger partial charge in [-0.3, -0.25) is 9.89 Å². The normalized spacial score (nSPS) is 19.6. The molecule has 122 valence electrons. The molecule has 2 aromatic rings. The molecule has 3 rings (SSSR count). The summed E-state index contributed by atoms with van der Waals surface area (Å²) in [7, 11) is 0. The summed E-state index contributed by atoms with van der Waals surface area (Å²) in [5.74, 6) is -1.48. The summed E-state index contributed by atoms with van der Waals surface area (Å²) in [5, 5.41) is 9.59. The smallest absolute Gasteiger partial charge is 0.224 e. The Balaban J connectivity index is 1.60. The fourth-order valence-electron chi connectivity index (χ4n) is 2.70. The van der Waals surface area contributed by atoms with Crippen LogP contribution in [0.5, 0.6) is 0 Å². The minimum atomic E-state index is -0.882. The van der Waals surface area contributed by atoms with Gasteiger partial charge in [0.2, 0.25) is 5.91 Å². The predicted octanol–water partition coefficient (Wildman–Crippen LogP) is 2.66. The number of H-pyrrole nitrogens is 1. The number of rotatable bonds is 5. The van der Waals surface area contributed by atoms with Crippen molar-refractivity contribution in [3.63, 3.8) is 0 Å². The summed E-state index contributed by atoms with van der Waals surface area (Å²) in [4.78, 5) is 12.2. The van der Waals surface area contributed by atoms with E-state index in [2.05, 4.69) is 15.5 Å². The highest BCUT2D eigenvalue weighted by Gasteiger charge is 2.44. The van der Waals surface area contributed by atoms with E-state index in [0.29, 0.717) is 29.1 Å². The van der Waals surface area contributed by atoms with Crippen LogP contribution in [0.4, 0.5) is 8.78 Å². The van der Waals surface area contributed by atoms with Gasteiger partial charge in [0.1, 0.15) is 0 Å². The van der Waals surface area contributed by atoms with Crippen LogP contribution in [-0.2, 0) is 17.9 Å². The van der Waals surface area contributed by atoms with E-state index >= 15 is 0 Å². The van der Waals surface area contributed by atoms with Gasteiger partial charge in [-0.05, 0) is 49.2 Å². The maximum absolute atomic E-state index is 13.3. The lowest BCUT2D eigenvalue weighted by Crippen LogP contribution is -2.26. The van der Waals surface area contributed by atoms with Crippen molar-refractivity contribution < 1.29 is 13.6 Å². The second-order valence-corrected chi connectivity index (χ2v) is 5.92. The zero-order valence-electron chi connectivity index (χ0n) is 12.5. The number of aromatic nitrogens is 3. The molecule has 0 bridgehead atoms. The summed E-state index contributed by atoms with van der Waals surface area (Å²) in [6.45, 7) is 2.89. The first-order chi connectivity index (χ1) is 11.0. The van der Waals surface area contributed by atoms with Crippen LogP contribution in [0.25, 0.3) is 0 Å². The summed E-state index contributed by atoms with van der Waals surface area (Å²) < 4.78 is 28.5. The maximum Gasteiger partial charge on any atom is 0.224 e. The van der Waals surface area contributed by atoms with Gasteiger partial charge < -0.3 is 9.88 Å². The molecule has 1 aliphatic carbocycles. The summed E-state index contributed by atoms with van der Waals surface area (Å²) in [6, 6.07) is 3.78. The fourth-order valence-corrected chi connectivity index (χ4v) is 2.98. The summed E-state index contributed by atoms with van der Waals surface area (Å²) >= 11 is 5.09. The average Bonchev–Trinajstić information content (AvgIpc) is 3.25. The number of nitrogens with one attached hydrogen (secondary N) is 2. The summed E-state index contributed by atoms with van der Waals surface area (Å²) in [6.07, 6.45) is 0.636. The highest BCUT2D eigenvalue weighted by Crippen LogP contribution is 2.47. The van der Waals surface area contributed by atoms with Crippen molar-refractivity contribution >= 4 is 18.1 Å². The van der Waals surface area contributed by atoms with Crippen LogP contribution in [0.2, 0.25) is 0 Å². The number of nitrogens with zero attached hydrogens (tertiary/aromatic N) is 2. The second-order valence-electron chi connectivity index (χ2n) is 5.53. The van der Waals surface area contributed by atoms with E-state index in [4.69, 9.17) is 12.2 Å². The third-order valence-corrected chi connectivity index (χ3v) is 4.38. The molecule has 1 heterocycles. The third kappa shape index (κ3) is 3.17. The van der Waals surface area contributed by atoms with Gasteiger partial charge in [0.15, 0.2) is 22.2 Å². The molecule has 2 N–H and O–H groups in total. The number of carbonyl (C=O) groups excluding carboxylic acids is 1. The minimum absolute atomic E-state index is 0.0582. The van der Waals surface area contributed by atoms with Crippen molar-refractivity contribution in [2.24, 2.45) is 5.92 Å². The number of benzene rings is 1. The lowest BCUT2D eigenvalue weighted by atomic mass is 10.1. The monoisotopic (exact) mass is 338 g/mol. The van der Waals surface area contributed by atoms with Gasteiger partial charge in [0, 0.05) is 12.5 Å². The van der Waals surface area contributed by atoms with Crippen LogP contribution in [-0.4, -0.2) is 20.7 Å². The molecule has 0 aliphatic heterocycles. The molecule has 1 amide bonds. The Bertz CT molecular complexity index is 801. The van der Waals surface area contributed by atoms with Gasteiger partial charge in [-0.25, -0.2) is 8.78 Å². The molecule has 0 saturated heterocycles. The van der Waals surface area contributed by atoms with E-state index in [9.17, 15) is 13.6 Å². The maximum atomic E-state index is 13.3. The average molecular weight is 338 g/mol. The molecule has 2 atom stereocenters. The zero-order valence-corrected chi connectivity index (χ0v) is 13.3. The molecule has 1 aliphatic rings. The van der Waals surface area contributed by atoms with Gasteiger partial charge in [-0.15, -0.1) is 0 Å². The lowest BCUT2D eigenvalue weighted by Gasteiger charge is -2.06. The highest BCUT2D eigenvalue weighted by molar-refractivity contribution is 7.71. The molecule has 0 radical (unpaired) electrons. The van der Waals surface area contributed by atoms with Crippen molar-refractivity contribution in [3.05, 3.63) is 46.0 Å². The molecule has 1 saturated carbocycles. The Morgan fingerprint density at radius 3 is 2.96 bits per heavy atom. The number of halogens is 2. The molecular formula is C15H16F2N4OS. The van der Waals surface area contributed by atoms with Crippen molar-refractivity contribution in [1.29, 1.82) is 0 Å². The number of aromatic amines is 1. The Hall–Kier alpha value is -2.09. The lowest BCUT2D eigenvalue weighted by molar-refractivity contribution is -0.122. The van der Waals surface area contributed by atoms with Crippen molar-refractivity contribution in [2.75, 3.05) is 0 Å². The molecule has 5 nitrogen and oxygen atoms in total. The van der Waals surface area contributed by atoms with Crippen LogP contribution >= 0.6 is 12.2 Å². The Morgan fingerprint density at radius 1 is 1.48 bits per heavy atom. The number of carbonyl (C=O) groups is 1. The quantitative estimate of drug-likeness (QED) is 0.824. The van der Waals surface area contributed by atoms with E-state index in [-0.39, 0.29) is 24.3 Å². The topological polar surface area (TPSA) is 62.7 Å². The minimum Gasteiger partial charge on any atom is -0.349 e. The Labute approximate surface area is 136 Å². The predicted molar refractivity (Wildman–Crippen MR) is 82.1 cm³/mol. The number of hydrogen-bond acceptors (Lipinski definition) is 3. The van der Waals surface area contributed by atoms with Crippen LogP contribution in [0.15, 0.2) is 18.2 Å². The van der Waals surface area contributed by atoms with Gasteiger partial charge >= 0.3 is 0 Å². The Kier molecular flexibility index (Phi) is 4.25. The first kappa shape index (κ1) is 15.8. The molecule has 1 aromatic heterocycles. The first-order valence-electron chi connectivity index (χ1n) is 7.38. The first-order valence-corrected chi connectivity index (χ1v) is 7.78. The molecule has 1 fully saturated rings. The van der Waals surface area contributed by atoms with Crippen LogP contribution in [0.1, 0.15) is 30.7 Å².